The predicted molar refractivity (Wildman–Crippen MR) is 79.6 cm³/mol. The van der Waals surface area contributed by atoms with Crippen LogP contribution in [0.5, 0.6) is 0 Å². The molecule has 0 fully saturated rings. The van der Waals surface area contributed by atoms with E-state index in [0.29, 0.717) is 11.3 Å². The molecule has 0 aromatic heterocycles. The predicted octanol–water partition coefficient (Wildman–Crippen LogP) is 4.57. The van der Waals surface area contributed by atoms with Crippen molar-refractivity contribution < 1.29 is 4.39 Å². The van der Waals surface area contributed by atoms with Gasteiger partial charge < -0.3 is 5.32 Å². The van der Waals surface area contributed by atoms with Crippen LogP contribution in [0.15, 0.2) is 36.4 Å². The highest BCUT2D eigenvalue weighted by molar-refractivity contribution is 5.68. The Morgan fingerprint density at radius 3 is 2.25 bits per heavy atom. The average Bonchev–Trinajstić information content (AvgIpc) is 2.49. The van der Waals surface area contributed by atoms with E-state index in [2.05, 4.69) is 19.2 Å². The summed E-state index contributed by atoms with van der Waals surface area (Å²) in [5, 5.41) is 11.9. The maximum absolute atomic E-state index is 14.0. The first kappa shape index (κ1) is 14.1. The average molecular weight is 268 g/mol. The molecule has 102 valence electrons. The summed E-state index contributed by atoms with van der Waals surface area (Å²) in [6, 6.07) is 12.5. The maximum Gasteiger partial charge on any atom is 0.147 e. The number of anilines is 2. The van der Waals surface area contributed by atoms with Crippen molar-refractivity contribution in [2.75, 3.05) is 5.32 Å². The van der Waals surface area contributed by atoms with Crippen LogP contribution < -0.4 is 5.32 Å². The number of halogens is 1. The lowest BCUT2D eigenvalue weighted by molar-refractivity contribution is 0.631. The topological polar surface area (TPSA) is 35.8 Å². The first-order valence-electron chi connectivity index (χ1n) is 6.77. The van der Waals surface area contributed by atoms with Crippen LogP contribution in [0.2, 0.25) is 0 Å². The first-order chi connectivity index (χ1) is 9.69. The van der Waals surface area contributed by atoms with Crippen molar-refractivity contribution in [1.29, 1.82) is 5.26 Å². The third kappa shape index (κ3) is 2.80. The van der Waals surface area contributed by atoms with Crippen molar-refractivity contribution >= 4 is 11.4 Å². The van der Waals surface area contributed by atoms with E-state index in [1.54, 1.807) is 12.1 Å². The molecule has 2 aromatic rings. The number of para-hydroxylation sites is 1. The van der Waals surface area contributed by atoms with E-state index in [1.807, 2.05) is 24.3 Å². The number of benzene rings is 2. The van der Waals surface area contributed by atoms with Crippen LogP contribution in [0.25, 0.3) is 0 Å². The van der Waals surface area contributed by atoms with Gasteiger partial charge in [0.2, 0.25) is 0 Å². The molecular formula is C17H17FN2. The Hall–Kier alpha value is -2.34. The van der Waals surface area contributed by atoms with Crippen molar-refractivity contribution in [2.45, 2.75) is 26.7 Å². The fourth-order valence-electron chi connectivity index (χ4n) is 2.22. The molecule has 0 radical (unpaired) electrons. The molecule has 3 heteroatoms. The molecule has 0 saturated heterocycles. The second-order valence-corrected chi connectivity index (χ2v) is 4.59. The van der Waals surface area contributed by atoms with Gasteiger partial charge in [0.1, 0.15) is 5.82 Å². The summed E-state index contributed by atoms with van der Waals surface area (Å²) < 4.78 is 14.0. The Kier molecular flexibility index (Phi) is 4.37. The summed E-state index contributed by atoms with van der Waals surface area (Å²) in [6.45, 7) is 4.16. The van der Waals surface area contributed by atoms with Gasteiger partial charge in [0.05, 0.1) is 17.3 Å². The SMILES string of the molecule is CCc1cccc(CC)c1Nc1ccc(C#N)cc1F. The van der Waals surface area contributed by atoms with Crippen LogP contribution in [0.1, 0.15) is 30.5 Å². The molecule has 0 aliphatic carbocycles. The summed E-state index contributed by atoms with van der Waals surface area (Å²) in [5.74, 6) is -0.406. The van der Waals surface area contributed by atoms with Gasteiger partial charge in [-0.05, 0) is 42.2 Å². The molecule has 0 saturated carbocycles. The van der Waals surface area contributed by atoms with Crippen molar-refractivity contribution in [3.8, 4) is 6.07 Å². The molecule has 0 heterocycles. The van der Waals surface area contributed by atoms with E-state index in [0.717, 1.165) is 29.7 Å². The normalized spacial score (nSPS) is 10.1. The third-order valence-corrected chi connectivity index (χ3v) is 3.36. The number of aryl methyl sites for hydroxylation is 2. The number of hydrogen-bond donors (Lipinski definition) is 1. The highest BCUT2D eigenvalue weighted by atomic mass is 19.1. The zero-order valence-corrected chi connectivity index (χ0v) is 11.7. The Morgan fingerprint density at radius 2 is 1.75 bits per heavy atom. The Balaban J connectivity index is 2.42. The molecule has 0 aliphatic rings. The van der Waals surface area contributed by atoms with Crippen LogP contribution in [0.4, 0.5) is 15.8 Å². The first-order valence-corrected chi connectivity index (χ1v) is 6.77. The monoisotopic (exact) mass is 268 g/mol. The molecule has 0 bridgehead atoms. The summed E-state index contributed by atoms with van der Waals surface area (Å²) in [4.78, 5) is 0. The number of nitriles is 1. The number of hydrogen-bond acceptors (Lipinski definition) is 2. The van der Waals surface area contributed by atoms with Gasteiger partial charge in [-0.25, -0.2) is 4.39 Å². The van der Waals surface area contributed by atoms with Crippen LogP contribution in [0, 0.1) is 17.1 Å². The Morgan fingerprint density at radius 1 is 1.10 bits per heavy atom. The minimum absolute atomic E-state index is 0.326. The van der Waals surface area contributed by atoms with Gasteiger partial charge in [0.15, 0.2) is 0 Å². The Bertz CT molecular complexity index is 634. The molecular weight excluding hydrogens is 251 g/mol. The molecule has 1 N–H and O–H groups in total. The van der Waals surface area contributed by atoms with Crippen molar-refractivity contribution in [3.63, 3.8) is 0 Å². The summed E-state index contributed by atoms with van der Waals surface area (Å²) in [7, 11) is 0. The van der Waals surface area contributed by atoms with Gasteiger partial charge in [0, 0.05) is 5.69 Å². The van der Waals surface area contributed by atoms with Crippen LogP contribution in [-0.4, -0.2) is 0 Å². The van der Waals surface area contributed by atoms with Crippen LogP contribution in [-0.2, 0) is 12.8 Å². The lowest BCUT2D eigenvalue weighted by Crippen LogP contribution is -2.01. The van der Waals surface area contributed by atoms with E-state index in [-0.39, 0.29) is 0 Å². The van der Waals surface area contributed by atoms with Crippen molar-refractivity contribution in [1.82, 2.24) is 0 Å². The quantitative estimate of drug-likeness (QED) is 0.882. The van der Waals surface area contributed by atoms with E-state index < -0.39 is 5.82 Å². The molecule has 20 heavy (non-hydrogen) atoms. The minimum Gasteiger partial charge on any atom is -0.353 e. The molecule has 2 nitrogen and oxygen atoms in total. The molecule has 0 aliphatic heterocycles. The Labute approximate surface area is 118 Å². The fraction of sp³-hybridized carbons (Fsp3) is 0.235. The summed E-state index contributed by atoms with van der Waals surface area (Å²) in [6.07, 6.45) is 1.77. The van der Waals surface area contributed by atoms with Gasteiger partial charge in [-0.15, -0.1) is 0 Å². The zero-order valence-electron chi connectivity index (χ0n) is 11.7. The van der Waals surface area contributed by atoms with Gasteiger partial charge in [-0.1, -0.05) is 32.0 Å². The lowest BCUT2D eigenvalue weighted by atomic mass is 10.0. The van der Waals surface area contributed by atoms with E-state index in [9.17, 15) is 4.39 Å². The van der Waals surface area contributed by atoms with Gasteiger partial charge in [-0.2, -0.15) is 5.26 Å². The number of nitrogens with one attached hydrogen (secondary N) is 1. The molecule has 0 atom stereocenters. The highest BCUT2D eigenvalue weighted by Gasteiger charge is 2.09. The zero-order chi connectivity index (χ0) is 14.5. The number of nitrogens with zero attached hydrogens (tertiary/aromatic N) is 1. The second-order valence-electron chi connectivity index (χ2n) is 4.59. The van der Waals surface area contributed by atoms with Crippen molar-refractivity contribution in [3.05, 3.63) is 58.9 Å². The molecule has 2 rings (SSSR count). The largest absolute Gasteiger partial charge is 0.353 e. The van der Waals surface area contributed by atoms with Gasteiger partial charge in [0.25, 0.3) is 0 Å². The molecule has 0 spiro atoms. The molecule has 0 amide bonds. The van der Waals surface area contributed by atoms with E-state index >= 15 is 0 Å². The fourth-order valence-corrected chi connectivity index (χ4v) is 2.22. The van der Waals surface area contributed by atoms with Crippen LogP contribution in [0.3, 0.4) is 0 Å². The maximum atomic E-state index is 14.0. The van der Waals surface area contributed by atoms with Crippen molar-refractivity contribution in [2.24, 2.45) is 0 Å². The summed E-state index contributed by atoms with van der Waals surface area (Å²) in [5.41, 5.74) is 4.02. The lowest BCUT2D eigenvalue weighted by Gasteiger charge is -2.16. The molecule has 0 unspecified atom stereocenters. The summed E-state index contributed by atoms with van der Waals surface area (Å²) >= 11 is 0. The molecule has 2 aromatic carbocycles. The van der Waals surface area contributed by atoms with Crippen LogP contribution >= 0.6 is 0 Å². The van der Waals surface area contributed by atoms with Gasteiger partial charge in [-0.3, -0.25) is 0 Å². The van der Waals surface area contributed by atoms with E-state index in [1.165, 1.54) is 6.07 Å². The second kappa shape index (κ2) is 6.21. The third-order valence-electron chi connectivity index (χ3n) is 3.36. The standard InChI is InChI=1S/C17H17FN2/c1-3-13-6-5-7-14(4-2)17(13)20-16-9-8-12(11-19)10-15(16)18/h5-10,20H,3-4H2,1-2H3. The van der Waals surface area contributed by atoms with Gasteiger partial charge >= 0.3 is 0 Å². The van der Waals surface area contributed by atoms with E-state index in [4.69, 9.17) is 5.26 Å². The highest BCUT2D eigenvalue weighted by Crippen LogP contribution is 2.28. The smallest absolute Gasteiger partial charge is 0.147 e. The number of rotatable bonds is 4. The minimum atomic E-state index is -0.406.